The van der Waals surface area contributed by atoms with Crippen LogP contribution in [0.3, 0.4) is 0 Å². The van der Waals surface area contributed by atoms with Gasteiger partial charge >= 0.3 is 0 Å². The number of carbonyl (C=O) groups is 1. The molecular weight excluding hydrogens is 160 g/mol. The van der Waals surface area contributed by atoms with Crippen LogP contribution in [0.4, 0.5) is 0 Å². The summed E-state index contributed by atoms with van der Waals surface area (Å²) in [4.78, 5) is 10.8. The Labute approximate surface area is 72.2 Å². The van der Waals surface area contributed by atoms with Crippen LogP contribution in [0.15, 0.2) is 0 Å². The number of carbonyl (C=O) groups excluding carboxylic acids is 1. The molecule has 0 aliphatic carbocycles. The fourth-order valence-corrected chi connectivity index (χ4v) is 0.820. The number of ether oxygens (including phenoxy) is 2. The average molecular weight is 176 g/mol. The largest absolute Gasteiger partial charge is 0.382 e. The van der Waals surface area contributed by atoms with Crippen molar-refractivity contribution < 1.29 is 14.3 Å². The molecule has 0 aliphatic rings. The summed E-state index contributed by atoms with van der Waals surface area (Å²) in [6.45, 7) is 0.850. The molecule has 72 valence electrons. The van der Waals surface area contributed by atoms with E-state index in [2.05, 4.69) is 5.32 Å². The first-order valence-corrected chi connectivity index (χ1v) is 3.71. The number of hydrogen-bond donors (Lipinski definition) is 2. The van der Waals surface area contributed by atoms with Crippen LogP contribution in [-0.2, 0) is 14.3 Å². The van der Waals surface area contributed by atoms with Crippen LogP contribution in [0, 0.1) is 0 Å². The van der Waals surface area contributed by atoms with Gasteiger partial charge in [-0.1, -0.05) is 0 Å². The predicted octanol–water partition coefficient (Wildman–Crippen LogP) is -1.28. The molecule has 1 amide bonds. The lowest BCUT2D eigenvalue weighted by Crippen LogP contribution is -2.43. The molecule has 5 heteroatoms. The zero-order valence-corrected chi connectivity index (χ0v) is 7.50. The zero-order valence-electron chi connectivity index (χ0n) is 7.50. The highest BCUT2D eigenvalue weighted by atomic mass is 16.5. The van der Waals surface area contributed by atoms with Gasteiger partial charge in [-0.25, -0.2) is 0 Å². The van der Waals surface area contributed by atoms with Crippen LogP contribution in [0.5, 0.6) is 0 Å². The van der Waals surface area contributed by atoms with Gasteiger partial charge in [-0.2, -0.15) is 0 Å². The molecule has 0 aromatic heterocycles. The summed E-state index contributed by atoms with van der Waals surface area (Å²) in [7, 11) is 3.13. The van der Waals surface area contributed by atoms with E-state index in [1.807, 2.05) is 0 Å². The fourth-order valence-electron chi connectivity index (χ4n) is 0.820. The third-order valence-corrected chi connectivity index (χ3v) is 1.29. The van der Waals surface area contributed by atoms with Gasteiger partial charge in [0.15, 0.2) is 0 Å². The third-order valence-electron chi connectivity index (χ3n) is 1.29. The molecule has 0 saturated heterocycles. The standard InChI is InChI=1S/C7H16N2O3/c1-11-4-6(5-12-2)9-7(10)3-8/h6H,3-5,8H2,1-2H3,(H,9,10). The van der Waals surface area contributed by atoms with E-state index < -0.39 is 0 Å². The van der Waals surface area contributed by atoms with Gasteiger partial charge in [-0.05, 0) is 0 Å². The number of rotatable bonds is 6. The lowest BCUT2D eigenvalue weighted by molar-refractivity contribution is -0.121. The topological polar surface area (TPSA) is 73.6 Å². The number of hydrogen-bond acceptors (Lipinski definition) is 4. The van der Waals surface area contributed by atoms with Gasteiger partial charge in [-0.15, -0.1) is 0 Å². The summed E-state index contributed by atoms with van der Waals surface area (Å²) in [5.74, 6) is -0.200. The van der Waals surface area contributed by atoms with E-state index in [1.165, 1.54) is 0 Å². The summed E-state index contributed by atoms with van der Waals surface area (Å²) < 4.78 is 9.73. The maximum absolute atomic E-state index is 10.8. The van der Waals surface area contributed by atoms with Gasteiger partial charge in [0, 0.05) is 14.2 Å². The van der Waals surface area contributed by atoms with E-state index in [4.69, 9.17) is 15.2 Å². The minimum atomic E-state index is -0.200. The van der Waals surface area contributed by atoms with Gasteiger partial charge in [0.2, 0.25) is 5.91 Å². The van der Waals surface area contributed by atoms with E-state index in [1.54, 1.807) is 14.2 Å². The maximum Gasteiger partial charge on any atom is 0.234 e. The molecule has 0 rings (SSSR count). The summed E-state index contributed by atoms with van der Waals surface area (Å²) in [5, 5.41) is 2.65. The van der Waals surface area contributed by atoms with Crippen molar-refractivity contribution in [2.45, 2.75) is 6.04 Å². The van der Waals surface area contributed by atoms with Gasteiger partial charge in [0.25, 0.3) is 0 Å². The first kappa shape index (κ1) is 11.4. The smallest absolute Gasteiger partial charge is 0.234 e. The Kier molecular flexibility index (Phi) is 6.64. The number of methoxy groups -OCH3 is 2. The average Bonchev–Trinajstić information content (AvgIpc) is 2.05. The molecule has 0 heterocycles. The van der Waals surface area contributed by atoms with Crippen LogP contribution >= 0.6 is 0 Å². The molecule has 12 heavy (non-hydrogen) atoms. The Morgan fingerprint density at radius 3 is 2.25 bits per heavy atom. The number of nitrogens with one attached hydrogen (secondary N) is 1. The highest BCUT2D eigenvalue weighted by Gasteiger charge is 2.09. The van der Waals surface area contributed by atoms with Crippen molar-refractivity contribution in [3.8, 4) is 0 Å². The first-order chi connectivity index (χ1) is 5.74. The summed E-state index contributed by atoms with van der Waals surface area (Å²) >= 11 is 0. The van der Waals surface area contributed by atoms with Crippen LogP contribution in [-0.4, -0.2) is 45.9 Å². The summed E-state index contributed by atoms with van der Waals surface area (Å²) in [6.07, 6.45) is 0. The second-order valence-electron chi connectivity index (χ2n) is 2.38. The van der Waals surface area contributed by atoms with Crippen molar-refractivity contribution in [1.29, 1.82) is 0 Å². The molecule has 0 unspecified atom stereocenters. The monoisotopic (exact) mass is 176 g/mol. The first-order valence-electron chi connectivity index (χ1n) is 3.71. The van der Waals surface area contributed by atoms with E-state index in [-0.39, 0.29) is 18.5 Å². The highest BCUT2D eigenvalue weighted by molar-refractivity contribution is 5.78. The van der Waals surface area contributed by atoms with E-state index in [9.17, 15) is 4.79 Å². The molecule has 0 bridgehead atoms. The molecule has 0 aliphatic heterocycles. The minimum absolute atomic E-state index is 0.00999. The number of nitrogens with two attached hydrogens (primary N) is 1. The van der Waals surface area contributed by atoms with Crippen LogP contribution in [0.1, 0.15) is 0 Å². The Hall–Kier alpha value is -0.650. The molecule has 3 N–H and O–H groups in total. The van der Waals surface area contributed by atoms with E-state index in [0.717, 1.165) is 0 Å². The van der Waals surface area contributed by atoms with Crippen molar-refractivity contribution in [1.82, 2.24) is 5.32 Å². The van der Waals surface area contributed by atoms with Crippen LogP contribution < -0.4 is 11.1 Å². The fraction of sp³-hybridized carbons (Fsp3) is 0.857. The molecule has 0 fully saturated rings. The van der Waals surface area contributed by atoms with Crippen molar-refractivity contribution in [3.63, 3.8) is 0 Å². The molecule has 0 saturated carbocycles. The van der Waals surface area contributed by atoms with Crippen molar-refractivity contribution in [2.24, 2.45) is 5.73 Å². The Morgan fingerprint density at radius 2 is 1.92 bits per heavy atom. The Bertz CT molecular complexity index is 124. The predicted molar refractivity (Wildman–Crippen MR) is 44.7 cm³/mol. The van der Waals surface area contributed by atoms with Gasteiger partial charge in [0.05, 0.1) is 25.8 Å². The van der Waals surface area contributed by atoms with Crippen molar-refractivity contribution >= 4 is 5.91 Å². The molecule has 0 aromatic carbocycles. The van der Waals surface area contributed by atoms with Crippen molar-refractivity contribution in [3.05, 3.63) is 0 Å². The second-order valence-corrected chi connectivity index (χ2v) is 2.38. The van der Waals surface area contributed by atoms with Gasteiger partial charge in [-0.3, -0.25) is 4.79 Å². The molecule has 5 nitrogen and oxygen atoms in total. The third kappa shape index (κ3) is 5.06. The van der Waals surface area contributed by atoms with Gasteiger partial charge < -0.3 is 20.5 Å². The summed E-state index contributed by atoms with van der Waals surface area (Å²) in [6, 6.07) is -0.115. The normalized spacial score (nSPS) is 10.3. The molecule has 0 spiro atoms. The Balaban J connectivity index is 3.68. The van der Waals surface area contributed by atoms with Gasteiger partial charge in [0.1, 0.15) is 0 Å². The molecule has 0 radical (unpaired) electrons. The summed E-state index contributed by atoms with van der Waals surface area (Å²) in [5.41, 5.74) is 5.12. The van der Waals surface area contributed by atoms with E-state index >= 15 is 0 Å². The lowest BCUT2D eigenvalue weighted by Gasteiger charge is -2.15. The maximum atomic E-state index is 10.8. The minimum Gasteiger partial charge on any atom is -0.382 e. The van der Waals surface area contributed by atoms with Crippen molar-refractivity contribution in [2.75, 3.05) is 34.0 Å². The second kappa shape index (κ2) is 7.02. The van der Waals surface area contributed by atoms with E-state index in [0.29, 0.717) is 13.2 Å². The SMILES string of the molecule is COCC(COC)NC(=O)CN. The van der Waals surface area contributed by atoms with Crippen LogP contribution in [0.2, 0.25) is 0 Å². The number of amides is 1. The quantitative estimate of drug-likeness (QED) is 0.529. The van der Waals surface area contributed by atoms with Crippen LogP contribution in [0.25, 0.3) is 0 Å². The molecule has 0 aromatic rings. The highest BCUT2D eigenvalue weighted by Crippen LogP contribution is 1.85. The Morgan fingerprint density at radius 1 is 1.42 bits per heavy atom. The zero-order chi connectivity index (χ0) is 9.40. The molecular formula is C7H16N2O3. The lowest BCUT2D eigenvalue weighted by atomic mass is 10.3. The molecule has 0 atom stereocenters.